The van der Waals surface area contributed by atoms with Crippen molar-refractivity contribution in [3.8, 4) is 0 Å². The zero-order chi connectivity index (χ0) is 15.4. The molecule has 0 aliphatic heterocycles. The molecular weight excluding hydrogens is 270 g/mol. The van der Waals surface area contributed by atoms with E-state index < -0.39 is 11.6 Å². The Balaban J connectivity index is 2.39. The molecule has 0 heterocycles. The Morgan fingerprint density at radius 3 is 2.29 bits per heavy atom. The lowest BCUT2D eigenvalue weighted by molar-refractivity contribution is 0.543. The molecule has 2 nitrogen and oxygen atoms in total. The van der Waals surface area contributed by atoms with Crippen molar-refractivity contribution < 1.29 is 8.78 Å². The van der Waals surface area contributed by atoms with Crippen molar-refractivity contribution in [2.24, 2.45) is 5.73 Å². The number of benzene rings is 2. The number of aryl methyl sites for hydroxylation is 1. The summed E-state index contributed by atoms with van der Waals surface area (Å²) in [6.45, 7) is 4.94. The minimum absolute atomic E-state index is 0.254. The van der Waals surface area contributed by atoms with Gasteiger partial charge in [0.25, 0.3) is 0 Å². The van der Waals surface area contributed by atoms with E-state index >= 15 is 0 Å². The second-order valence-electron chi connectivity index (χ2n) is 5.04. The zero-order valence-corrected chi connectivity index (χ0v) is 12.3. The van der Waals surface area contributed by atoms with E-state index in [-0.39, 0.29) is 12.6 Å². The van der Waals surface area contributed by atoms with Gasteiger partial charge in [-0.15, -0.1) is 0 Å². The second kappa shape index (κ2) is 6.68. The molecule has 21 heavy (non-hydrogen) atoms. The molecule has 0 aliphatic carbocycles. The van der Waals surface area contributed by atoms with Gasteiger partial charge in [-0.25, -0.2) is 8.78 Å². The molecule has 0 spiro atoms. The van der Waals surface area contributed by atoms with Gasteiger partial charge in [0.2, 0.25) is 0 Å². The van der Waals surface area contributed by atoms with E-state index in [2.05, 4.69) is 0 Å². The number of halogens is 2. The summed E-state index contributed by atoms with van der Waals surface area (Å²) in [5.74, 6) is -1.14. The van der Waals surface area contributed by atoms with E-state index in [9.17, 15) is 8.78 Å². The zero-order valence-electron chi connectivity index (χ0n) is 12.3. The summed E-state index contributed by atoms with van der Waals surface area (Å²) in [7, 11) is 0. The van der Waals surface area contributed by atoms with Gasteiger partial charge in [0.1, 0.15) is 11.6 Å². The molecule has 112 valence electrons. The van der Waals surface area contributed by atoms with Gasteiger partial charge in [0.05, 0.1) is 6.04 Å². The maximum Gasteiger partial charge on any atom is 0.131 e. The normalized spacial score (nSPS) is 12.2. The standard InChI is InChI=1S/C17H20F2N2/c1-3-21(14-7-4-12(2)5-8-14)17(11-20)15-9-6-13(18)10-16(15)19/h4-10,17H,3,11,20H2,1-2H3. The second-order valence-corrected chi connectivity index (χ2v) is 5.04. The Bertz CT molecular complexity index is 596. The highest BCUT2D eigenvalue weighted by Gasteiger charge is 2.21. The Hall–Kier alpha value is -1.94. The first-order valence-electron chi connectivity index (χ1n) is 7.05. The minimum Gasteiger partial charge on any atom is -0.363 e. The lowest BCUT2D eigenvalue weighted by Crippen LogP contribution is -2.34. The first-order valence-corrected chi connectivity index (χ1v) is 7.05. The number of nitrogens with two attached hydrogens (primary N) is 1. The lowest BCUT2D eigenvalue weighted by atomic mass is 10.0. The van der Waals surface area contributed by atoms with E-state index in [4.69, 9.17) is 5.73 Å². The van der Waals surface area contributed by atoms with Crippen LogP contribution in [-0.4, -0.2) is 13.1 Å². The molecule has 0 amide bonds. The van der Waals surface area contributed by atoms with Gasteiger partial charge in [-0.1, -0.05) is 23.8 Å². The molecule has 0 aliphatic rings. The van der Waals surface area contributed by atoms with Crippen molar-refractivity contribution >= 4 is 5.69 Å². The van der Waals surface area contributed by atoms with Crippen LogP contribution in [0.15, 0.2) is 42.5 Å². The number of anilines is 1. The van der Waals surface area contributed by atoms with Gasteiger partial charge in [0.15, 0.2) is 0 Å². The molecule has 2 N–H and O–H groups in total. The largest absolute Gasteiger partial charge is 0.363 e. The Morgan fingerprint density at radius 1 is 1.10 bits per heavy atom. The van der Waals surface area contributed by atoms with Gasteiger partial charge in [-0.05, 0) is 32.0 Å². The summed E-state index contributed by atoms with van der Waals surface area (Å²) in [6.07, 6.45) is 0. The van der Waals surface area contributed by atoms with E-state index in [1.807, 2.05) is 43.0 Å². The topological polar surface area (TPSA) is 29.3 Å². The molecule has 0 fully saturated rings. The van der Waals surface area contributed by atoms with Crippen molar-refractivity contribution in [1.82, 2.24) is 0 Å². The summed E-state index contributed by atoms with van der Waals surface area (Å²) in [6, 6.07) is 11.3. The van der Waals surface area contributed by atoms with Crippen LogP contribution in [0.4, 0.5) is 14.5 Å². The van der Waals surface area contributed by atoms with Crippen molar-refractivity contribution in [3.63, 3.8) is 0 Å². The Morgan fingerprint density at radius 2 is 1.76 bits per heavy atom. The predicted molar refractivity (Wildman–Crippen MR) is 82.4 cm³/mol. The monoisotopic (exact) mass is 290 g/mol. The summed E-state index contributed by atoms with van der Waals surface area (Å²) >= 11 is 0. The fraction of sp³-hybridized carbons (Fsp3) is 0.294. The van der Waals surface area contributed by atoms with Crippen molar-refractivity contribution in [3.05, 3.63) is 65.2 Å². The SMILES string of the molecule is CCN(c1ccc(C)cc1)C(CN)c1ccc(F)cc1F. The highest BCUT2D eigenvalue weighted by molar-refractivity contribution is 5.50. The number of hydrogen-bond donors (Lipinski definition) is 1. The number of rotatable bonds is 5. The van der Waals surface area contributed by atoms with Crippen LogP contribution >= 0.6 is 0 Å². The fourth-order valence-corrected chi connectivity index (χ4v) is 2.51. The molecular formula is C17H20F2N2. The van der Waals surface area contributed by atoms with E-state index in [0.29, 0.717) is 12.1 Å². The van der Waals surface area contributed by atoms with E-state index in [1.165, 1.54) is 12.1 Å². The number of nitrogens with zero attached hydrogens (tertiary/aromatic N) is 1. The van der Waals surface area contributed by atoms with Crippen molar-refractivity contribution in [2.45, 2.75) is 19.9 Å². The third-order valence-corrected chi connectivity index (χ3v) is 3.63. The van der Waals surface area contributed by atoms with E-state index in [1.54, 1.807) is 0 Å². The molecule has 0 saturated heterocycles. The molecule has 4 heteroatoms. The molecule has 2 aromatic rings. The quantitative estimate of drug-likeness (QED) is 0.907. The van der Waals surface area contributed by atoms with Crippen LogP contribution in [-0.2, 0) is 0 Å². The molecule has 2 aromatic carbocycles. The first kappa shape index (κ1) is 15.4. The maximum absolute atomic E-state index is 14.0. The maximum atomic E-state index is 14.0. The fourth-order valence-electron chi connectivity index (χ4n) is 2.51. The minimum atomic E-state index is -0.578. The first-order chi connectivity index (χ1) is 10.1. The van der Waals surface area contributed by atoms with Crippen LogP contribution in [0, 0.1) is 18.6 Å². The summed E-state index contributed by atoms with van der Waals surface area (Å²) < 4.78 is 27.1. The van der Waals surface area contributed by atoms with Crippen LogP contribution < -0.4 is 10.6 Å². The lowest BCUT2D eigenvalue weighted by Gasteiger charge is -2.32. The van der Waals surface area contributed by atoms with Gasteiger partial charge in [-0.2, -0.15) is 0 Å². The van der Waals surface area contributed by atoms with Gasteiger partial charge < -0.3 is 10.6 Å². The average Bonchev–Trinajstić information content (AvgIpc) is 2.47. The third-order valence-electron chi connectivity index (χ3n) is 3.63. The molecule has 2 rings (SSSR count). The molecule has 0 saturated carbocycles. The predicted octanol–water partition coefficient (Wildman–Crippen LogP) is 3.80. The van der Waals surface area contributed by atoms with Crippen LogP contribution in [0.1, 0.15) is 24.1 Å². The van der Waals surface area contributed by atoms with Crippen LogP contribution in [0.2, 0.25) is 0 Å². The molecule has 1 unspecified atom stereocenters. The van der Waals surface area contributed by atoms with Crippen LogP contribution in [0.25, 0.3) is 0 Å². The number of likely N-dealkylation sites (N-methyl/N-ethyl adjacent to an activating group) is 1. The smallest absolute Gasteiger partial charge is 0.131 e. The van der Waals surface area contributed by atoms with Crippen LogP contribution in [0.5, 0.6) is 0 Å². The van der Waals surface area contributed by atoms with E-state index in [0.717, 1.165) is 17.3 Å². The molecule has 1 atom stereocenters. The highest BCUT2D eigenvalue weighted by atomic mass is 19.1. The van der Waals surface area contributed by atoms with Crippen molar-refractivity contribution in [1.29, 1.82) is 0 Å². The van der Waals surface area contributed by atoms with Crippen molar-refractivity contribution in [2.75, 3.05) is 18.0 Å². The average molecular weight is 290 g/mol. The summed E-state index contributed by atoms with van der Waals surface area (Å²) in [5.41, 5.74) is 8.40. The summed E-state index contributed by atoms with van der Waals surface area (Å²) in [4.78, 5) is 2.02. The number of hydrogen-bond acceptors (Lipinski definition) is 2. The molecule has 0 radical (unpaired) electrons. The Labute approximate surface area is 124 Å². The summed E-state index contributed by atoms with van der Waals surface area (Å²) in [5, 5.41) is 0. The Kier molecular flexibility index (Phi) is 4.91. The molecule has 0 aromatic heterocycles. The third kappa shape index (κ3) is 3.39. The highest BCUT2D eigenvalue weighted by Crippen LogP contribution is 2.28. The molecule has 0 bridgehead atoms. The van der Waals surface area contributed by atoms with Crippen LogP contribution in [0.3, 0.4) is 0 Å². The van der Waals surface area contributed by atoms with Gasteiger partial charge in [-0.3, -0.25) is 0 Å². The van der Waals surface area contributed by atoms with Gasteiger partial charge in [0, 0.05) is 30.4 Å². The van der Waals surface area contributed by atoms with Gasteiger partial charge >= 0.3 is 0 Å².